The zero-order valence-electron chi connectivity index (χ0n) is 8.38. The van der Waals surface area contributed by atoms with Crippen molar-refractivity contribution >= 4 is 28.4 Å². The fraction of sp³-hybridized carbons (Fsp3) is 0.556. The lowest BCUT2D eigenvalue weighted by Gasteiger charge is -2.06. The molecule has 1 N–H and O–H groups in total. The maximum atomic E-state index is 4.97. The summed E-state index contributed by atoms with van der Waals surface area (Å²) >= 11 is 2.22. The molecule has 1 rings (SSSR count). The van der Waals surface area contributed by atoms with Gasteiger partial charge in [-0.1, -0.05) is 0 Å². The molecule has 0 saturated heterocycles. The monoisotopic (exact) mass is 307 g/mol. The molecule has 0 atom stereocenters. The quantitative estimate of drug-likeness (QED) is 0.841. The first-order chi connectivity index (χ1) is 6.77. The third-order valence-corrected chi connectivity index (χ3v) is 2.46. The summed E-state index contributed by atoms with van der Waals surface area (Å²) in [5.41, 5.74) is 0. The van der Waals surface area contributed by atoms with Crippen LogP contribution in [0.5, 0.6) is 0 Å². The highest BCUT2D eigenvalue weighted by Crippen LogP contribution is 2.13. The predicted molar refractivity (Wildman–Crippen MR) is 64.5 cm³/mol. The van der Waals surface area contributed by atoms with Gasteiger partial charge in [0.2, 0.25) is 0 Å². The maximum absolute atomic E-state index is 4.97. The lowest BCUT2D eigenvalue weighted by Crippen LogP contribution is -2.07. The molecule has 1 aromatic heterocycles. The number of rotatable bonds is 5. The van der Waals surface area contributed by atoms with Crippen LogP contribution in [0.1, 0.15) is 12.7 Å². The zero-order chi connectivity index (χ0) is 10.4. The van der Waals surface area contributed by atoms with Gasteiger partial charge in [-0.05, 0) is 29.5 Å². The van der Waals surface area contributed by atoms with Crippen molar-refractivity contribution in [1.29, 1.82) is 0 Å². The first-order valence-electron chi connectivity index (χ1n) is 4.52. The van der Waals surface area contributed by atoms with E-state index < -0.39 is 0 Å². The summed E-state index contributed by atoms with van der Waals surface area (Å²) < 4.78 is 6.02. The SMILES string of the molecule is CCNc1nc(CCOC)ncc1I. The van der Waals surface area contributed by atoms with Gasteiger partial charge in [-0.25, -0.2) is 9.97 Å². The largest absolute Gasteiger partial charge is 0.384 e. The number of anilines is 1. The number of nitrogens with zero attached hydrogens (tertiary/aromatic N) is 2. The van der Waals surface area contributed by atoms with E-state index in [1.165, 1.54) is 0 Å². The van der Waals surface area contributed by atoms with Crippen LogP contribution in [-0.4, -0.2) is 30.2 Å². The molecule has 78 valence electrons. The van der Waals surface area contributed by atoms with Gasteiger partial charge in [-0.2, -0.15) is 0 Å². The molecule has 0 amide bonds. The number of nitrogens with one attached hydrogen (secondary N) is 1. The molecule has 0 saturated carbocycles. The molecule has 0 radical (unpaired) electrons. The van der Waals surface area contributed by atoms with Gasteiger partial charge in [-0.15, -0.1) is 0 Å². The van der Waals surface area contributed by atoms with Crippen molar-refractivity contribution in [3.63, 3.8) is 0 Å². The summed E-state index contributed by atoms with van der Waals surface area (Å²) in [4.78, 5) is 8.61. The van der Waals surface area contributed by atoms with Crippen molar-refractivity contribution in [1.82, 2.24) is 9.97 Å². The molecule has 0 spiro atoms. The number of ether oxygens (including phenoxy) is 1. The first-order valence-corrected chi connectivity index (χ1v) is 5.60. The van der Waals surface area contributed by atoms with Crippen molar-refractivity contribution < 1.29 is 4.74 Å². The number of methoxy groups -OCH3 is 1. The van der Waals surface area contributed by atoms with Crippen LogP contribution >= 0.6 is 22.6 Å². The second-order valence-electron chi connectivity index (χ2n) is 2.76. The standard InChI is InChI=1S/C9H14IN3O/c1-3-11-9-7(10)6-12-8(13-9)4-5-14-2/h6H,3-5H2,1-2H3,(H,11,12,13). The topological polar surface area (TPSA) is 47.0 Å². The van der Waals surface area contributed by atoms with E-state index in [9.17, 15) is 0 Å². The van der Waals surface area contributed by atoms with Gasteiger partial charge < -0.3 is 10.1 Å². The lowest BCUT2D eigenvalue weighted by atomic mass is 10.4. The maximum Gasteiger partial charge on any atom is 0.143 e. The highest BCUT2D eigenvalue weighted by Gasteiger charge is 2.03. The molecule has 0 fully saturated rings. The van der Waals surface area contributed by atoms with Gasteiger partial charge >= 0.3 is 0 Å². The van der Waals surface area contributed by atoms with Gasteiger partial charge in [0.1, 0.15) is 11.6 Å². The molecular weight excluding hydrogens is 293 g/mol. The fourth-order valence-corrected chi connectivity index (χ4v) is 1.46. The molecule has 0 unspecified atom stereocenters. The van der Waals surface area contributed by atoms with E-state index in [4.69, 9.17) is 4.74 Å². The minimum Gasteiger partial charge on any atom is -0.384 e. The average Bonchev–Trinajstić information content (AvgIpc) is 2.19. The van der Waals surface area contributed by atoms with Gasteiger partial charge in [0.25, 0.3) is 0 Å². The van der Waals surface area contributed by atoms with Gasteiger partial charge in [0, 0.05) is 26.3 Å². The lowest BCUT2D eigenvalue weighted by molar-refractivity contribution is 0.200. The van der Waals surface area contributed by atoms with E-state index in [2.05, 4.69) is 37.9 Å². The average molecular weight is 307 g/mol. The Labute approximate surface area is 97.6 Å². The molecular formula is C9H14IN3O. The van der Waals surface area contributed by atoms with Crippen molar-refractivity contribution in [3.05, 3.63) is 15.6 Å². The second kappa shape index (κ2) is 6.13. The summed E-state index contributed by atoms with van der Waals surface area (Å²) in [5, 5.41) is 3.19. The Morgan fingerprint density at radius 3 is 3.00 bits per heavy atom. The molecule has 1 heterocycles. The third-order valence-electron chi connectivity index (χ3n) is 1.67. The van der Waals surface area contributed by atoms with Crippen molar-refractivity contribution in [3.8, 4) is 0 Å². The van der Waals surface area contributed by atoms with E-state index in [1.807, 2.05) is 13.1 Å². The summed E-state index contributed by atoms with van der Waals surface area (Å²) in [6.07, 6.45) is 2.59. The minimum absolute atomic E-state index is 0.659. The molecule has 0 aliphatic heterocycles. The van der Waals surface area contributed by atoms with E-state index in [-0.39, 0.29) is 0 Å². The van der Waals surface area contributed by atoms with Crippen molar-refractivity contribution in [2.24, 2.45) is 0 Å². The number of aromatic nitrogens is 2. The van der Waals surface area contributed by atoms with Gasteiger partial charge in [-0.3, -0.25) is 0 Å². The summed E-state index contributed by atoms with van der Waals surface area (Å²) in [5.74, 6) is 1.73. The molecule has 14 heavy (non-hydrogen) atoms. The first kappa shape index (κ1) is 11.6. The zero-order valence-corrected chi connectivity index (χ0v) is 10.5. The molecule has 4 nitrogen and oxygen atoms in total. The molecule has 0 aliphatic rings. The van der Waals surface area contributed by atoms with E-state index in [0.717, 1.165) is 28.2 Å². The van der Waals surface area contributed by atoms with Crippen LogP contribution in [0.15, 0.2) is 6.20 Å². The van der Waals surface area contributed by atoms with Crippen LogP contribution in [0.3, 0.4) is 0 Å². The van der Waals surface area contributed by atoms with Crippen LogP contribution in [0.25, 0.3) is 0 Å². The Balaban J connectivity index is 2.72. The van der Waals surface area contributed by atoms with Crippen LogP contribution in [0.4, 0.5) is 5.82 Å². The molecule has 0 aliphatic carbocycles. The minimum atomic E-state index is 0.659. The van der Waals surface area contributed by atoms with Crippen LogP contribution in [0, 0.1) is 3.57 Å². The molecule has 5 heteroatoms. The second-order valence-corrected chi connectivity index (χ2v) is 3.92. The van der Waals surface area contributed by atoms with Crippen LogP contribution < -0.4 is 5.32 Å². The smallest absolute Gasteiger partial charge is 0.143 e. The highest BCUT2D eigenvalue weighted by molar-refractivity contribution is 14.1. The van der Waals surface area contributed by atoms with Gasteiger partial charge in [0.05, 0.1) is 10.2 Å². The number of hydrogen-bond acceptors (Lipinski definition) is 4. The molecule has 1 aromatic rings. The predicted octanol–water partition coefficient (Wildman–Crippen LogP) is 1.70. The van der Waals surface area contributed by atoms with Crippen molar-refractivity contribution in [2.75, 3.05) is 25.6 Å². The Bertz CT molecular complexity index is 293. The van der Waals surface area contributed by atoms with E-state index in [0.29, 0.717) is 6.61 Å². The van der Waals surface area contributed by atoms with Crippen molar-refractivity contribution in [2.45, 2.75) is 13.3 Å². The van der Waals surface area contributed by atoms with E-state index >= 15 is 0 Å². The number of halogens is 1. The normalized spacial score (nSPS) is 10.2. The third kappa shape index (κ3) is 3.38. The Kier molecular flexibility index (Phi) is 5.10. The number of hydrogen-bond donors (Lipinski definition) is 1. The molecule has 0 aromatic carbocycles. The highest BCUT2D eigenvalue weighted by atomic mass is 127. The Hall–Kier alpha value is -0.430. The fourth-order valence-electron chi connectivity index (χ4n) is 1.01. The summed E-state index contributed by atoms with van der Waals surface area (Å²) in [6, 6.07) is 0. The van der Waals surface area contributed by atoms with Crippen LogP contribution in [0.2, 0.25) is 0 Å². The molecule has 0 bridgehead atoms. The summed E-state index contributed by atoms with van der Waals surface area (Å²) in [6.45, 7) is 3.58. The summed E-state index contributed by atoms with van der Waals surface area (Å²) in [7, 11) is 1.68. The van der Waals surface area contributed by atoms with Crippen LogP contribution in [-0.2, 0) is 11.2 Å². The Morgan fingerprint density at radius 1 is 1.57 bits per heavy atom. The van der Waals surface area contributed by atoms with Gasteiger partial charge in [0.15, 0.2) is 0 Å². The Morgan fingerprint density at radius 2 is 2.36 bits per heavy atom. The van der Waals surface area contributed by atoms with E-state index in [1.54, 1.807) is 7.11 Å².